The van der Waals surface area contributed by atoms with Crippen LogP contribution in [0.5, 0.6) is 0 Å². The van der Waals surface area contributed by atoms with Crippen molar-refractivity contribution in [1.82, 2.24) is 4.90 Å². The van der Waals surface area contributed by atoms with Crippen LogP contribution in [-0.4, -0.2) is 55.4 Å². The number of carbonyl (C=O) groups excluding carboxylic acids is 2. The van der Waals surface area contributed by atoms with Crippen molar-refractivity contribution in [2.24, 2.45) is 0 Å². The van der Waals surface area contributed by atoms with Crippen LogP contribution in [0.3, 0.4) is 0 Å². The molecule has 0 saturated carbocycles. The lowest BCUT2D eigenvalue weighted by atomic mass is 10.1. The molecule has 126 valence electrons. The summed E-state index contributed by atoms with van der Waals surface area (Å²) in [5.74, 6) is 0.903. The van der Waals surface area contributed by atoms with Gasteiger partial charge in [0.25, 0.3) is 5.91 Å². The Labute approximate surface area is 142 Å². The second-order valence-electron chi connectivity index (χ2n) is 5.89. The Morgan fingerprint density at radius 2 is 2.22 bits per heavy atom. The molecule has 0 radical (unpaired) electrons. The molecule has 0 spiro atoms. The molecule has 1 N–H and O–H groups in total. The maximum Gasteiger partial charge on any atom is 0.253 e. The molecule has 1 aliphatic heterocycles. The average molecular weight is 335 g/mol. The molecule has 23 heavy (non-hydrogen) atoms. The highest BCUT2D eigenvalue weighted by atomic mass is 32.2. The first-order valence-electron chi connectivity index (χ1n) is 7.89. The van der Waals surface area contributed by atoms with Crippen LogP contribution in [0.1, 0.15) is 30.1 Å². The van der Waals surface area contributed by atoms with Crippen LogP contribution in [0.4, 0.5) is 11.4 Å². The third kappa shape index (κ3) is 3.99. The molecule has 1 atom stereocenters. The normalized spacial score (nSPS) is 15.5. The highest BCUT2D eigenvalue weighted by Gasteiger charge is 2.22. The second-order valence-corrected chi connectivity index (χ2v) is 6.80. The van der Waals surface area contributed by atoms with Gasteiger partial charge in [-0.05, 0) is 30.9 Å². The van der Waals surface area contributed by atoms with Gasteiger partial charge in [0.1, 0.15) is 0 Å². The fourth-order valence-corrected chi connectivity index (χ4v) is 3.61. The van der Waals surface area contributed by atoms with Crippen LogP contribution in [0, 0.1) is 0 Å². The number of benzene rings is 1. The lowest BCUT2D eigenvalue weighted by molar-refractivity contribution is -0.115. The first-order valence-corrected chi connectivity index (χ1v) is 9.28. The fourth-order valence-electron chi connectivity index (χ4n) is 2.77. The van der Waals surface area contributed by atoms with Gasteiger partial charge in [0.15, 0.2) is 0 Å². The molecule has 6 heteroatoms. The van der Waals surface area contributed by atoms with Gasteiger partial charge in [-0.15, -0.1) is 0 Å². The molecule has 0 unspecified atom stereocenters. The minimum atomic E-state index is -0.0117. The summed E-state index contributed by atoms with van der Waals surface area (Å²) in [4.78, 5) is 28.4. The maximum absolute atomic E-state index is 12.7. The topological polar surface area (TPSA) is 52.7 Å². The molecule has 1 aromatic carbocycles. The van der Waals surface area contributed by atoms with Crippen molar-refractivity contribution in [3.8, 4) is 0 Å². The Morgan fingerprint density at radius 1 is 1.48 bits per heavy atom. The summed E-state index contributed by atoms with van der Waals surface area (Å²) in [6.45, 7) is 2.77. The lowest BCUT2D eigenvalue weighted by Crippen LogP contribution is -2.38. The molecule has 0 bridgehead atoms. The molecule has 0 fully saturated rings. The zero-order valence-corrected chi connectivity index (χ0v) is 15.1. The van der Waals surface area contributed by atoms with Crippen molar-refractivity contribution in [3.63, 3.8) is 0 Å². The average Bonchev–Trinajstić information content (AvgIpc) is 2.69. The Kier molecular flexibility index (Phi) is 5.93. The molecule has 0 aromatic heterocycles. The summed E-state index contributed by atoms with van der Waals surface area (Å²) in [5, 5.41) is 2.90. The molecular formula is C17H25N3O2S. The van der Waals surface area contributed by atoms with E-state index < -0.39 is 0 Å². The summed E-state index contributed by atoms with van der Waals surface area (Å²) < 4.78 is 0. The van der Waals surface area contributed by atoms with E-state index in [1.807, 2.05) is 31.1 Å². The number of fused-ring (bicyclic) bond motifs is 1. The molecule has 5 nitrogen and oxygen atoms in total. The van der Waals surface area contributed by atoms with E-state index in [4.69, 9.17) is 0 Å². The Morgan fingerprint density at radius 3 is 2.87 bits per heavy atom. The molecule has 1 aromatic rings. The third-order valence-corrected chi connectivity index (χ3v) is 5.02. The van der Waals surface area contributed by atoms with Gasteiger partial charge in [-0.1, -0.05) is 6.92 Å². The van der Waals surface area contributed by atoms with Crippen LogP contribution in [-0.2, 0) is 4.79 Å². The van der Waals surface area contributed by atoms with Crippen LogP contribution in [0.15, 0.2) is 18.2 Å². The molecular weight excluding hydrogens is 310 g/mol. The van der Waals surface area contributed by atoms with Crippen molar-refractivity contribution in [2.45, 2.75) is 25.8 Å². The van der Waals surface area contributed by atoms with E-state index >= 15 is 0 Å². The summed E-state index contributed by atoms with van der Waals surface area (Å²) >= 11 is 1.74. The number of hydrogen-bond donors (Lipinski definition) is 1. The number of nitrogens with zero attached hydrogens (tertiary/aromatic N) is 2. The van der Waals surface area contributed by atoms with E-state index in [9.17, 15) is 9.59 Å². The van der Waals surface area contributed by atoms with Gasteiger partial charge in [0.2, 0.25) is 5.91 Å². The highest BCUT2D eigenvalue weighted by molar-refractivity contribution is 7.98. The number of carbonyl (C=O) groups is 2. The van der Waals surface area contributed by atoms with E-state index in [-0.39, 0.29) is 17.9 Å². The number of anilines is 2. The quantitative estimate of drug-likeness (QED) is 0.899. The van der Waals surface area contributed by atoms with Gasteiger partial charge in [0, 0.05) is 44.4 Å². The Bertz CT molecular complexity index is 591. The minimum Gasteiger partial charge on any atom is -0.372 e. The minimum absolute atomic E-state index is 0.00477. The molecule has 1 aliphatic rings. The van der Waals surface area contributed by atoms with Crippen molar-refractivity contribution >= 4 is 35.0 Å². The van der Waals surface area contributed by atoms with E-state index in [1.54, 1.807) is 22.7 Å². The van der Waals surface area contributed by atoms with Crippen molar-refractivity contribution < 1.29 is 9.59 Å². The molecule has 1 heterocycles. The standard InChI is InChI=1S/C17H25N3O2S/c1-5-13(11-23-4)20(3)17(22)12-6-7-15-14(10-12)18-16(21)8-9-19(15)2/h6-7,10,13H,5,8-9,11H2,1-4H3,(H,18,21)/t13-/m0/s1. The largest absolute Gasteiger partial charge is 0.372 e. The fraction of sp³-hybridized carbons (Fsp3) is 0.529. The molecule has 0 saturated heterocycles. The predicted molar refractivity (Wildman–Crippen MR) is 97.5 cm³/mol. The zero-order chi connectivity index (χ0) is 17.0. The van der Waals surface area contributed by atoms with Gasteiger partial charge in [-0.25, -0.2) is 0 Å². The first kappa shape index (κ1) is 17.7. The van der Waals surface area contributed by atoms with Gasteiger partial charge >= 0.3 is 0 Å². The number of hydrogen-bond acceptors (Lipinski definition) is 4. The number of amides is 2. The smallest absolute Gasteiger partial charge is 0.253 e. The van der Waals surface area contributed by atoms with E-state index in [0.717, 1.165) is 17.9 Å². The van der Waals surface area contributed by atoms with Crippen LogP contribution in [0.2, 0.25) is 0 Å². The summed E-state index contributed by atoms with van der Waals surface area (Å²) in [7, 11) is 3.81. The van der Waals surface area contributed by atoms with Gasteiger partial charge in [0.05, 0.1) is 11.4 Å². The van der Waals surface area contributed by atoms with Crippen LogP contribution < -0.4 is 10.2 Å². The highest BCUT2D eigenvalue weighted by Crippen LogP contribution is 2.29. The first-order chi connectivity index (χ1) is 11.0. The Hall–Kier alpha value is -1.69. The van der Waals surface area contributed by atoms with Crippen molar-refractivity contribution in [2.75, 3.05) is 42.9 Å². The van der Waals surface area contributed by atoms with E-state index in [2.05, 4.69) is 18.5 Å². The lowest BCUT2D eigenvalue weighted by Gasteiger charge is -2.27. The molecule has 2 rings (SSSR count). The second kappa shape index (κ2) is 7.73. The molecule has 2 amide bonds. The van der Waals surface area contributed by atoms with E-state index in [1.165, 1.54) is 0 Å². The monoisotopic (exact) mass is 335 g/mol. The summed E-state index contributed by atoms with van der Waals surface area (Å²) in [6.07, 6.45) is 3.43. The van der Waals surface area contributed by atoms with Gasteiger partial charge in [-0.3, -0.25) is 9.59 Å². The number of rotatable bonds is 5. The van der Waals surface area contributed by atoms with E-state index in [0.29, 0.717) is 24.2 Å². The molecule has 0 aliphatic carbocycles. The van der Waals surface area contributed by atoms with Gasteiger partial charge < -0.3 is 15.1 Å². The van der Waals surface area contributed by atoms with Crippen LogP contribution >= 0.6 is 11.8 Å². The number of nitrogens with one attached hydrogen (secondary N) is 1. The number of thioether (sulfide) groups is 1. The third-order valence-electron chi connectivity index (χ3n) is 4.30. The zero-order valence-electron chi connectivity index (χ0n) is 14.3. The van der Waals surface area contributed by atoms with Gasteiger partial charge in [-0.2, -0.15) is 11.8 Å². The van der Waals surface area contributed by atoms with Crippen LogP contribution in [0.25, 0.3) is 0 Å². The SMILES string of the molecule is CC[C@@H](CSC)N(C)C(=O)c1ccc2c(c1)NC(=O)CCN2C. The van der Waals surface area contributed by atoms with Crippen molar-refractivity contribution in [3.05, 3.63) is 23.8 Å². The van der Waals surface area contributed by atoms with Crippen molar-refractivity contribution in [1.29, 1.82) is 0 Å². The Balaban J connectivity index is 2.27. The summed E-state index contributed by atoms with van der Waals surface area (Å²) in [6, 6.07) is 5.77. The summed E-state index contributed by atoms with van der Waals surface area (Å²) in [5.41, 5.74) is 2.28. The predicted octanol–water partition coefficient (Wildman–Crippen LogP) is 2.68. The maximum atomic E-state index is 12.7.